The Bertz CT molecular complexity index is 379. The molecule has 0 fully saturated rings. The van der Waals surface area contributed by atoms with E-state index in [2.05, 4.69) is 0 Å². The standard InChI is InChI=1S/C14H21NO3/c1-4-18-14(16)11-15(2)10-9-12-7-5-6-8-13(12)17-3/h5-8H,4,9-11H2,1-3H3. The van der Waals surface area contributed by atoms with Crippen LogP contribution in [0, 0.1) is 0 Å². The number of benzene rings is 1. The molecule has 0 aliphatic heterocycles. The van der Waals surface area contributed by atoms with Gasteiger partial charge in [-0.15, -0.1) is 0 Å². The summed E-state index contributed by atoms with van der Waals surface area (Å²) < 4.78 is 10.2. The number of hydrogen-bond donors (Lipinski definition) is 0. The topological polar surface area (TPSA) is 38.8 Å². The third-order valence-corrected chi connectivity index (χ3v) is 2.66. The predicted molar refractivity (Wildman–Crippen MR) is 70.8 cm³/mol. The zero-order chi connectivity index (χ0) is 13.4. The number of rotatable bonds is 7. The van der Waals surface area contributed by atoms with Crippen LogP contribution < -0.4 is 4.74 Å². The lowest BCUT2D eigenvalue weighted by Crippen LogP contribution is -2.29. The van der Waals surface area contributed by atoms with E-state index in [1.54, 1.807) is 7.11 Å². The molecule has 0 heterocycles. The second-order valence-corrected chi connectivity index (χ2v) is 4.10. The van der Waals surface area contributed by atoms with Crippen molar-refractivity contribution < 1.29 is 14.3 Å². The van der Waals surface area contributed by atoms with Crippen LogP contribution in [-0.4, -0.2) is 44.7 Å². The molecule has 0 saturated heterocycles. The minimum atomic E-state index is -0.181. The molecule has 0 spiro atoms. The SMILES string of the molecule is CCOC(=O)CN(C)CCc1ccccc1OC. The lowest BCUT2D eigenvalue weighted by molar-refractivity contribution is -0.144. The summed E-state index contributed by atoms with van der Waals surface area (Å²) in [6, 6.07) is 7.92. The first-order chi connectivity index (χ1) is 8.67. The number of hydrogen-bond acceptors (Lipinski definition) is 4. The van der Waals surface area contributed by atoms with Gasteiger partial charge in [0.25, 0.3) is 0 Å². The van der Waals surface area contributed by atoms with E-state index in [4.69, 9.17) is 9.47 Å². The third-order valence-electron chi connectivity index (χ3n) is 2.66. The monoisotopic (exact) mass is 251 g/mol. The average molecular weight is 251 g/mol. The van der Waals surface area contributed by atoms with Crippen molar-refractivity contribution in [2.45, 2.75) is 13.3 Å². The van der Waals surface area contributed by atoms with E-state index in [0.717, 1.165) is 24.3 Å². The van der Waals surface area contributed by atoms with Crippen LogP contribution in [0.3, 0.4) is 0 Å². The van der Waals surface area contributed by atoms with Gasteiger partial charge < -0.3 is 9.47 Å². The lowest BCUT2D eigenvalue weighted by Gasteiger charge is -2.16. The van der Waals surface area contributed by atoms with E-state index < -0.39 is 0 Å². The summed E-state index contributed by atoms with van der Waals surface area (Å²) in [7, 11) is 3.58. The number of esters is 1. The minimum absolute atomic E-state index is 0.181. The molecule has 1 rings (SSSR count). The zero-order valence-electron chi connectivity index (χ0n) is 11.3. The highest BCUT2D eigenvalue weighted by molar-refractivity contribution is 5.71. The Morgan fingerprint density at radius 1 is 1.33 bits per heavy atom. The Hall–Kier alpha value is -1.55. The van der Waals surface area contributed by atoms with Crippen molar-refractivity contribution in [3.8, 4) is 5.75 Å². The Kier molecular flexibility index (Phi) is 6.22. The van der Waals surface area contributed by atoms with Crippen LogP contribution in [0.4, 0.5) is 0 Å². The van der Waals surface area contributed by atoms with Crippen LogP contribution in [0.5, 0.6) is 5.75 Å². The molecule has 0 radical (unpaired) electrons. The summed E-state index contributed by atoms with van der Waals surface area (Å²) in [5, 5.41) is 0. The van der Waals surface area contributed by atoms with Gasteiger partial charge in [0.15, 0.2) is 0 Å². The number of carbonyl (C=O) groups excluding carboxylic acids is 1. The second-order valence-electron chi connectivity index (χ2n) is 4.10. The average Bonchev–Trinajstić information content (AvgIpc) is 2.37. The predicted octanol–water partition coefficient (Wildman–Crippen LogP) is 1.73. The summed E-state index contributed by atoms with van der Waals surface area (Å²) >= 11 is 0. The van der Waals surface area contributed by atoms with Gasteiger partial charge in [-0.2, -0.15) is 0 Å². The Morgan fingerprint density at radius 2 is 2.06 bits per heavy atom. The molecule has 0 bridgehead atoms. The van der Waals surface area contributed by atoms with Crippen molar-refractivity contribution >= 4 is 5.97 Å². The molecule has 1 aromatic rings. The number of nitrogens with zero attached hydrogens (tertiary/aromatic N) is 1. The Balaban J connectivity index is 2.42. The summed E-state index contributed by atoms with van der Waals surface area (Å²) in [4.78, 5) is 13.2. The van der Waals surface area contributed by atoms with Crippen LogP contribution in [0.25, 0.3) is 0 Å². The second kappa shape index (κ2) is 7.71. The number of ether oxygens (including phenoxy) is 2. The summed E-state index contributed by atoms with van der Waals surface area (Å²) in [5.74, 6) is 0.710. The first-order valence-electron chi connectivity index (χ1n) is 6.13. The third kappa shape index (κ3) is 4.75. The highest BCUT2D eigenvalue weighted by Gasteiger charge is 2.08. The van der Waals surface area contributed by atoms with Gasteiger partial charge in [-0.25, -0.2) is 0 Å². The number of para-hydroxylation sites is 1. The summed E-state index contributed by atoms with van der Waals surface area (Å²) in [6.45, 7) is 3.36. The van der Waals surface area contributed by atoms with Crippen LogP contribution in [-0.2, 0) is 16.0 Å². The molecule has 4 heteroatoms. The maximum absolute atomic E-state index is 11.3. The van der Waals surface area contributed by atoms with Gasteiger partial charge in [-0.3, -0.25) is 9.69 Å². The molecule has 1 aromatic carbocycles. The van der Waals surface area contributed by atoms with Crippen molar-refractivity contribution in [3.05, 3.63) is 29.8 Å². The molecule has 18 heavy (non-hydrogen) atoms. The van der Waals surface area contributed by atoms with E-state index in [9.17, 15) is 4.79 Å². The van der Waals surface area contributed by atoms with E-state index in [0.29, 0.717) is 13.2 Å². The molecule has 0 saturated carbocycles. The van der Waals surface area contributed by atoms with Crippen molar-refractivity contribution in [2.75, 3.05) is 33.9 Å². The largest absolute Gasteiger partial charge is 0.496 e. The van der Waals surface area contributed by atoms with Crippen LogP contribution in [0.1, 0.15) is 12.5 Å². The van der Waals surface area contributed by atoms with Crippen LogP contribution in [0.15, 0.2) is 24.3 Å². The quantitative estimate of drug-likeness (QED) is 0.692. The fourth-order valence-electron chi connectivity index (χ4n) is 1.73. The molecule has 0 unspecified atom stereocenters. The molecule has 0 amide bonds. The molecule has 0 aliphatic carbocycles. The van der Waals surface area contributed by atoms with Gasteiger partial charge >= 0.3 is 5.97 Å². The molecule has 0 atom stereocenters. The normalized spacial score (nSPS) is 10.4. The van der Waals surface area contributed by atoms with Gasteiger partial charge in [0.2, 0.25) is 0 Å². The van der Waals surface area contributed by atoms with Gasteiger partial charge in [0.1, 0.15) is 5.75 Å². The van der Waals surface area contributed by atoms with Gasteiger partial charge in [-0.05, 0) is 32.0 Å². The number of methoxy groups -OCH3 is 1. The molecular formula is C14H21NO3. The van der Waals surface area contributed by atoms with Gasteiger partial charge in [0, 0.05) is 6.54 Å². The highest BCUT2D eigenvalue weighted by atomic mass is 16.5. The van der Waals surface area contributed by atoms with E-state index in [1.807, 2.05) is 43.1 Å². The Labute approximate surface area is 108 Å². The van der Waals surface area contributed by atoms with E-state index >= 15 is 0 Å². The molecular weight excluding hydrogens is 230 g/mol. The molecule has 0 aliphatic rings. The van der Waals surface area contributed by atoms with E-state index in [-0.39, 0.29) is 5.97 Å². The molecule has 100 valence electrons. The van der Waals surface area contributed by atoms with Crippen molar-refractivity contribution in [3.63, 3.8) is 0 Å². The highest BCUT2D eigenvalue weighted by Crippen LogP contribution is 2.17. The van der Waals surface area contributed by atoms with Gasteiger partial charge in [0.05, 0.1) is 20.3 Å². The zero-order valence-corrected chi connectivity index (χ0v) is 11.3. The lowest BCUT2D eigenvalue weighted by atomic mass is 10.1. The maximum Gasteiger partial charge on any atom is 0.320 e. The number of likely N-dealkylation sites (N-methyl/N-ethyl adjacent to an activating group) is 1. The molecule has 4 nitrogen and oxygen atoms in total. The van der Waals surface area contributed by atoms with Crippen molar-refractivity contribution in [2.24, 2.45) is 0 Å². The van der Waals surface area contributed by atoms with Crippen LogP contribution in [0.2, 0.25) is 0 Å². The Morgan fingerprint density at radius 3 is 2.72 bits per heavy atom. The van der Waals surface area contributed by atoms with E-state index in [1.165, 1.54) is 0 Å². The first-order valence-corrected chi connectivity index (χ1v) is 6.13. The fraction of sp³-hybridized carbons (Fsp3) is 0.500. The molecule has 0 aromatic heterocycles. The maximum atomic E-state index is 11.3. The minimum Gasteiger partial charge on any atom is -0.496 e. The van der Waals surface area contributed by atoms with Crippen molar-refractivity contribution in [1.29, 1.82) is 0 Å². The smallest absolute Gasteiger partial charge is 0.320 e. The molecule has 0 N–H and O–H groups in total. The fourth-order valence-corrected chi connectivity index (χ4v) is 1.73. The van der Waals surface area contributed by atoms with Crippen molar-refractivity contribution in [1.82, 2.24) is 4.90 Å². The number of carbonyl (C=O) groups is 1. The summed E-state index contributed by atoms with van der Waals surface area (Å²) in [6.07, 6.45) is 0.847. The van der Waals surface area contributed by atoms with Gasteiger partial charge in [-0.1, -0.05) is 18.2 Å². The summed E-state index contributed by atoms with van der Waals surface area (Å²) in [5.41, 5.74) is 1.15. The van der Waals surface area contributed by atoms with Crippen LogP contribution >= 0.6 is 0 Å². The first kappa shape index (κ1) is 14.5.